The first-order chi connectivity index (χ1) is 8.86. The molecular weight excluding hydrogens is 323 g/mol. The highest BCUT2D eigenvalue weighted by molar-refractivity contribution is 9.09. The van der Waals surface area contributed by atoms with Crippen molar-refractivity contribution in [2.45, 2.75) is 31.0 Å². The quantitative estimate of drug-likeness (QED) is 0.837. The van der Waals surface area contributed by atoms with Crippen LogP contribution in [0.5, 0.6) is 0 Å². The van der Waals surface area contributed by atoms with Gasteiger partial charge in [-0.05, 0) is 37.5 Å². The molecule has 0 heterocycles. The maximum Gasteiger partial charge on any atom is 0.416 e. The van der Waals surface area contributed by atoms with Crippen LogP contribution in [0.25, 0.3) is 0 Å². The van der Waals surface area contributed by atoms with Crippen molar-refractivity contribution < 1.29 is 18.0 Å². The van der Waals surface area contributed by atoms with Crippen molar-refractivity contribution in [2.75, 3.05) is 5.33 Å². The van der Waals surface area contributed by atoms with E-state index in [-0.39, 0.29) is 11.1 Å². The molecule has 0 bridgehead atoms. The van der Waals surface area contributed by atoms with Crippen LogP contribution < -0.4 is 5.32 Å². The van der Waals surface area contributed by atoms with E-state index in [9.17, 15) is 18.0 Å². The van der Waals surface area contributed by atoms with Crippen molar-refractivity contribution in [1.82, 2.24) is 5.32 Å². The highest BCUT2D eigenvalue weighted by Gasteiger charge is 2.38. The van der Waals surface area contributed by atoms with Crippen LogP contribution in [-0.2, 0) is 6.18 Å². The second-order valence-electron chi connectivity index (χ2n) is 4.80. The Morgan fingerprint density at radius 3 is 2.53 bits per heavy atom. The Morgan fingerprint density at radius 1 is 1.37 bits per heavy atom. The van der Waals surface area contributed by atoms with Gasteiger partial charge in [0.25, 0.3) is 5.91 Å². The summed E-state index contributed by atoms with van der Waals surface area (Å²) in [4.78, 5) is 12.0. The van der Waals surface area contributed by atoms with Gasteiger partial charge in [-0.3, -0.25) is 4.79 Å². The third kappa shape index (κ3) is 3.11. The number of carbonyl (C=O) groups excluding carboxylic acids is 1. The van der Waals surface area contributed by atoms with E-state index < -0.39 is 17.6 Å². The molecule has 6 heteroatoms. The maximum atomic E-state index is 12.6. The molecule has 2 nitrogen and oxygen atoms in total. The Balaban J connectivity index is 2.15. The molecule has 0 saturated heterocycles. The summed E-state index contributed by atoms with van der Waals surface area (Å²) >= 11 is 3.34. The van der Waals surface area contributed by atoms with E-state index in [2.05, 4.69) is 21.2 Å². The molecule has 1 amide bonds. The predicted octanol–water partition coefficient (Wildman–Crippen LogP) is 3.75. The Hall–Kier alpha value is -1.04. The fourth-order valence-electron chi connectivity index (χ4n) is 2.05. The summed E-state index contributed by atoms with van der Waals surface area (Å²) in [7, 11) is 0. The Kier molecular flexibility index (Phi) is 3.90. The van der Waals surface area contributed by atoms with Crippen LogP contribution >= 0.6 is 15.9 Å². The zero-order valence-electron chi connectivity index (χ0n) is 10.1. The van der Waals surface area contributed by atoms with Gasteiger partial charge >= 0.3 is 6.18 Å². The number of amides is 1. The van der Waals surface area contributed by atoms with Crippen LogP contribution in [0.1, 0.15) is 35.2 Å². The molecule has 0 aromatic heterocycles. The molecule has 1 saturated carbocycles. The first kappa shape index (κ1) is 14.4. The summed E-state index contributed by atoms with van der Waals surface area (Å²) in [6, 6.07) is 4.49. The lowest BCUT2D eigenvalue weighted by Crippen LogP contribution is -2.54. The van der Waals surface area contributed by atoms with Crippen molar-refractivity contribution >= 4 is 21.8 Å². The molecule has 0 spiro atoms. The minimum absolute atomic E-state index is 0.0436. The molecule has 1 N–H and O–H groups in total. The molecular formula is C13H13BrF3NO. The molecule has 1 aromatic rings. The standard InChI is InChI=1S/C13H13BrF3NO/c14-8-12(5-2-6-12)18-11(19)9-3-1-4-10(7-9)13(15,16)17/h1,3-4,7H,2,5-6,8H2,(H,18,19). The third-order valence-electron chi connectivity index (χ3n) is 3.40. The number of rotatable bonds is 3. The smallest absolute Gasteiger partial charge is 0.346 e. The summed E-state index contributed by atoms with van der Waals surface area (Å²) < 4.78 is 37.7. The molecule has 19 heavy (non-hydrogen) atoms. The largest absolute Gasteiger partial charge is 0.416 e. The normalized spacial score (nSPS) is 17.7. The fraction of sp³-hybridized carbons (Fsp3) is 0.462. The van der Waals surface area contributed by atoms with Crippen LogP contribution in [0.15, 0.2) is 24.3 Å². The predicted molar refractivity (Wildman–Crippen MR) is 69.3 cm³/mol. The van der Waals surface area contributed by atoms with E-state index in [4.69, 9.17) is 0 Å². The number of alkyl halides is 4. The van der Waals surface area contributed by atoms with Gasteiger partial charge in [0.2, 0.25) is 0 Å². The molecule has 0 atom stereocenters. The minimum atomic E-state index is -4.43. The summed E-state index contributed by atoms with van der Waals surface area (Å²) in [5, 5.41) is 3.44. The Bertz CT molecular complexity index is 478. The van der Waals surface area contributed by atoms with Crippen LogP contribution in [0.4, 0.5) is 13.2 Å². The summed E-state index contributed by atoms with van der Waals surface area (Å²) in [5.41, 5.74) is -1.06. The van der Waals surface area contributed by atoms with Gasteiger partial charge in [-0.15, -0.1) is 0 Å². The van der Waals surface area contributed by atoms with E-state index in [1.54, 1.807) is 0 Å². The molecule has 1 fully saturated rings. The molecule has 2 rings (SSSR count). The van der Waals surface area contributed by atoms with E-state index in [1.165, 1.54) is 12.1 Å². The molecule has 1 aliphatic carbocycles. The van der Waals surface area contributed by atoms with Crippen molar-refractivity contribution in [3.8, 4) is 0 Å². The Labute approximate surface area is 117 Å². The van der Waals surface area contributed by atoms with Crippen LogP contribution in [0.2, 0.25) is 0 Å². The number of hydrogen-bond acceptors (Lipinski definition) is 1. The molecule has 104 valence electrons. The summed E-state index contributed by atoms with van der Waals surface area (Å²) in [6.45, 7) is 0. The lowest BCUT2D eigenvalue weighted by atomic mass is 9.78. The van der Waals surface area contributed by atoms with Crippen LogP contribution in [-0.4, -0.2) is 16.8 Å². The summed E-state index contributed by atoms with van der Waals surface area (Å²) in [5.74, 6) is -0.453. The zero-order valence-corrected chi connectivity index (χ0v) is 11.6. The van der Waals surface area contributed by atoms with Gasteiger partial charge in [0.05, 0.1) is 11.1 Å². The Morgan fingerprint density at radius 2 is 2.05 bits per heavy atom. The SMILES string of the molecule is O=C(NC1(CBr)CCC1)c1cccc(C(F)(F)F)c1. The highest BCUT2D eigenvalue weighted by atomic mass is 79.9. The van der Waals surface area contributed by atoms with Gasteiger partial charge in [-0.1, -0.05) is 22.0 Å². The highest BCUT2D eigenvalue weighted by Crippen LogP contribution is 2.34. The van der Waals surface area contributed by atoms with Gasteiger partial charge < -0.3 is 5.32 Å². The number of hydrogen-bond donors (Lipinski definition) is 1. The van der Waals surface area contributed by atoms with E-state index in [1.807, 2.05) is 0 Å². The lowest BCUT2D eigenvalue weighted by Gasteiger charge is -2.41. The molecule has 1 aliphatic rings. The third-order valence-corrected chi connectivity index (χ3v) is 4.47. The van der Waals surface area contributed by atoms with Crippen LogP contribution in [0.3, 0.4) is 0 Å². The monoisotopic (exact) mass is 335 g/mol. The van der Waals surface area contributed by atoms with E-state index >= 15 is 0 Å². The minimum Gasteiger partial charge on any atom is -0.346 e. The van der Waals surface area contributed by atoms with Crippen molar-refractivity contribution in [2.24, 2.45) is 0 Å². The van der Waals surface area contributed by atoms with Gasteiger partial charge in [0.15, 0.2) is 0 Å². The van der Waals surface area contributed by atoms with E-state index in [0.717, 1.165) is 31.4 Å². The van der Waals surface area contributed by atoms with Gasteiger partial charge in [-0.2, -0.15) is 13.2 Å². The first-order valence-electron chi connectivity index (χ1n) is 5.92. The molecule has 0 aliphatic heterocycles. The molecule has 1 aromatic carbocycles. The number of carbonyl (C=O) groups is 1. The average molecular weight is 336 g/mol. The second kappa shape index (κ2) is 5.15. The average Bonchev–Trinajstić information content (AvgIpc) is 2.32. The number of nitrogens with one attached hydrogen (secondary N) is 1. The fourth-order valence-corrected chi connectivity index (χ4v) is 2.75. The van der Waals surface area contributed by atoms with Crippen molar-refractivity contribution in [3.63, 3.8) is 0 Å². The topological polar surface area (TPSA) is 29.1 Å². The van der Waals surface area contributed by atoms with Crippen molar-refractivity contribution in [3.05, 3.63) is 35.4 Å². The van der Waals surface area contributed by atoms with E-state index in [0.29, 0.717) is 5.33 Å². The van der Waals surface area contributed by atoms with Gasteiger partial charge in [-0.25, -0.2) is 0 Å². The number of benzene rings is 1. The first-order valence-corrected chi connectivity index (χ1v) is 7.04. The molecule has 0 radical (unpaired) electrons. The van der Waals surface area contributed by atoms with Gasteiger partial charge in [0.1, 0.15) is 0 Å². The van der Waals surface area contributed by atoms with Crippen LogP contribution in [0, 0.1) is 0 Å². The lowest BCUT2D eigenvalue weighted by molar-refractivity contribution is -0.137. The maximum absolute atomic E-state index is 12.6. The summed E-state index contributed by atoms with van der Waals surface area (Å²) in [6.07, 6.45) is -1.71. The van der Waals surface area contributed by atoms with Gasteiger partial charge in [0, 0.05) is 10.9 Å². The molecule has 0 unspecified atom stereocenters. The zero-order chi connectivity index (χ0) is 14.1. The second-order valence-corrected chi connectivity index (χ2v) is 5.36. The number of halogens is 4. The van der Waals surface area contributed by atoms with Crippen molar-refractivity contribution in [1.29, 1.82) is 0 Å².